The van der Waals surface area contributed by atoms with Crippen molar-refractivity contribution >= 4 is 73.8 Å². The van der Waals surface area contributed by atoms with E-state index in [4.69, 9.17) is 40.3 Å². The minimum absolute atomic E-state index is 0. The van der Waals surface area contributed by atoms with Crippen molar-refractivity contribution in [1.29, 1.82) is 0 Å². The van der Waals surface area contributed by atoms with Crippen LogP contribution in [0.2, 0.25) is 10.0 Å². The van der Waals surface area contributed by atoms with Crippen LogP contribution in [0.1, 0.15) is 35.6 Å². The van der Waals surface area contributed by atoms with E-state index in [1.54, 1.807) is 60.9 Å². The third-order valence-electron chi connectivity index (χ3n) is 3.98. The second kappa shape index (κ2) is 12.0. The normalized spacial score (nSPS) is 9.47. The van der Waals surface area contributed by atoms with E-state index in [2.05, 4.69) is 14.8 Å². The maximum Gasteiger partial charge on any atom is 0.328 e. The summed E-state index contributed by atoms with van der Waals surface area (Å²) in [5.74, 6) is -0.371. The first-order valence-electron chi connectivity index (χ1n) is 8.39. The quantitative estimate of drug-likeness (QED) is 0.103. The number of hydrogen-bond acceptors (Lipinski definition) is 4. The molecule has 4 aromatic rings. The summed E-state index contributed by atoms with van der Waals surface area (Å²) in [6, 6.07) is 13.5. The summed E-state index contributed by atoms with van der Waals surface area (Å²) in [7, 11) is 0. The number of halogens is 3. The lowest BCUT2D eigenvalue weighted by molar-refractivity contribution is 0.00235. The number of Topliss-reactive ketones (excluding diaryl/α,β-unsaturated/α-hetero) is 1. The van der Waals surface area contributed by atoms with Crippen LogP contribution in [0.4, 0.5) is 0 Å². The number of benzene rings is 2. The minimum atomic E-state index is -0.480. The van der Waals surface area contributed by atoms with Gasteiger partial charge in [-0.25, -0.2) is 0 Å². The molecule has 2 aromatic carbocycles. The lowest BCUT2D eigenvalue weighted by atomic mass is 10.1. The van der Waals surface area contributed by atoms with Crippen LogP contribution < -0.4 is 0 Å². The average molecular weight is 490 g/mol. The standard InChI is InChI=1S/C11H6ClN3O.C10H5Cl2NO.2CH4/c12-9-4-8-3-7(11(16)6-15-13)1-2-10(8)14-5-9;11-8-4-7-3-6(10(12)14)1-2-9(7)13-5-8;;/h1-6H;1-5H;2*1H4. The molecule has 4 rings (SSSR count). The van der Waals surface area contributed by atoms with Crippen LogP contribution in [0, 0.1) is 0 Å². The summed E-state index contributed by atoms with van der Waals surface area (Å²) >= 11 is 16.9. The van der Waals surface area contributed by atoms with Crippen LogP contribution in [-0.2, 0) is 0 Å². The molecule has 0 spiro atoms. The maximum absolute atomic E-state index is 11.4. The Labute approximate surface area is 200 Å². The van der Waals surface area contributed by atoms with Gasteiger partial charge in [0.15, 0.2) is 0 Å². The van der Waals surface area contributed by atoms with Crippen molar-refractivity contribution in [3.05, 3.63) is 87.6 Å². The topological polar surface area (TPSA) is 96.3 Å². The van der Waals surface area contributed by atoms with E-state index >= 15 is 0 Å². The van der Waals surface area contributed by atoms with Gasteiger partial charge < -0.3 is 5.53 Å². The molecule has 0 bridgehead atoms. The lowest BCUT2D eigenvalue weighted by Crippen LogP contribution is -2.00. The SMILES string of the molecule is C.C.O=C(Cl)c1ccc2ncc(Cl)cc2c1.[N-]=[N+]=CC(=O)c1ccc2ncc(Cl)cc2c1. The van der Waals surface area contributed by atoms with Crippen molar-refractivity contribution in [3.8, 4) is 0 Å². The summed E-state index contributed by atoms with van der Waals surface area (Å²) in [6.45, 7) is 0. The number of carbonyl (C=O) groups excluding carboxylic acids is 2. The van der Waals surface area contributed by atoms with Crippen LogP contribution in [0.3, 0.4) is 0 Å². The fraction of sp³-hybridized carbons (Fsp3) is 0.0870. The van der Waals surface area contributed by atoms with E-state index in [-0.39, 0.29) is 20.6 Å². The maximum atomic E-state index is 11.4. The largest absolute Gasteiger partial charge is 0.361 e. The molecule has 0 radical (unpaired) electrons. The van der Waals surface area contributed by atoms with Gasteiger partial charge >= 0.3 is 6.21 Å². The zero-order valence-corrected chi connectivity index (χ0v) is 17.4. The van der Waals surface area contributed by atoms with E-state index < -0.39 is 5.24 Å². The van der Waals surface area contributed by atoms with E-state index in [9.17, 15) is 9.59 Å². The van der Waals surface area contributed by atoms with Crippen LogP contribution in [0.15, 0.2) is 60.9 Å². The number of nitrogens with zero attached hydrogens (tertiary/aromatic N) is 4. The molecular formula is C23H19Cl3N4O2. The Kier molecular flexibility index (Phi) is 10.1. The predicted molar refractivity (Wildman–Crippen MR) is 131 cm³/mol. The molecular weight excluding hydrogens is 471 g/mol. The van der Waals surface area contributed by atoms with E-state index in [0.717, 1.165) is 28.0 Å². The first-order valence-corrected chi connectivity index (χ1v) is 9.53. The first kappa shape index (κ1) is 26.9. The highest BCUT2D eigenvalue weighted by molar-refractivity contribution is 6.67. The number of aromatic nitrogens is 2. The average Bonchev–Trinajstić information content (AvgIpc) is 2.73. The number of carbonyl (C=O) groups is 2. The molecule has 0 aliphatic heterocycles. The van der Waals surface area contributed by atoms with Gasteiger partial charge in [-0.05, 0) is 60.1 Å². The van der Waals surface area contributed by atoms with Crippen molar-refractivity contribution in [1.82, 2.24) is 9.97 Å². The number of ketones is 1. The number of pyridine rings is 2. The van der Waals surface area contributed by atoms with Gasteiger partial charge in [-0.1, -0.05) is 38.1 Å². The molecule has 6 nitrogen and oxygen atoms in total. The molecule has 0 amide bonds. The fourth-order valence-electron chi connectivity index (χ4n) is 2.61. The molecule has 2 aromatic heterocycles. The van der Waals surface area contributed by atoms with Crippen molar-refractivity contribution in [3.63, 3.8) is 0 Å². The van der Waals surface area contributed by atoms with Crippen molar-refractivity contribution in [2.45, 2.75) is 14.9 Å². The number of rotatable bonds is 3. The fourth-order valence-corrected chi connectivity index (χ4v) is 3.06. The number of hydrogen-bond donors (Lipinski definition) is 0. The number of fused-ring (bicyclic) bond motifs is 2. The molecule has 2 heterocycles. The second-order valence-electron chi connectivity index (χ2n) is 6.00. The van der Waals surface area contributed by atoms with Crippen LogP contribution in [-0.4, -0.2) is 32.0 Å². The molecule has 32 heavy (non-hydrogen) atoms. The van der Waals surface area contributed by atoms with Crippen molar-refractivity contribution in [2.75, 3.05) is 0 Å². The summed E-state index contributed by atoms with van der Waals surface area (Å²) in [5, 5.41) is 2.14. The smallest absolute Gasteiger partial charge is 0.328 e. The molecule has 0 atom stereocenters. The Bertz CT molecular complexity index is 1340. The van der Waals surface area contributed by atoms with Crippen LogP contribution in [0.5, 0.6) is 0 Å². The van der Waals surface area contributed by atoms with Gasteiger partial charge in [-0.2, -0.15) is 4.79 Å². The first-order chi connectivity index (χ1) is 14.4. The van der Waals surface area contributed by atoms with Crippen LogP contribution >= 0.6 is 34.8 Å². The highest BCUT2D eigenvalue weighted by Gasteiger charge is 2.08. The highest BCUT2D eigenvalue weighted by Crippen LogP contribution is 2.19. The highest BCUT2D eigenvalue weighted by atomic mass is 35.5. The third-order valence-corrected chi connectivity index (χ3v) is 4.61. The van der Waals surface area contributed by atoms with Crippen LogP contribution in [0.25, 0.3) is 27.3 Å². The zero-order chi connectivity index (χ0) is 21.7. The van der Waals surface area contributed by atoms with Crippen molar-refractivity contribution in [2.24, 2.45) is 0 Å². The van der Waals surface area contributed by atoms with Crippen molar-refractivity contribution < 1.29 is 14.4 Å². The molecule has 0 aliphatic carbocycles. The summed E-state index contributed by atoms with van der Waals surface area (Å²) in [4.78, 5) is 33.2. The monoisotopic (exact) mass is 488 g/mol. The van der Waals surface area contributed by atoms with Gasteiger partial charge in [-0.15, -0.1) is 0 Å². The van der Waals surface area contributed by atoms with E-state index in [1.807, 2.05) is 0 Å². The third kappa shape index (κ3) is 6.67. The molecule has 0 saturated heterocycles. The van der Waals surface area contributed by atoms with Gasteiger partial charge in [0.2, 0.25) is 0 Å². The molecule has 0 aliphatic rings. The van der Waals surface area contributed by atoms with Gasteiger partial charge in [0.1, 0.15) is 0 Å². The van der Waals surface area contributed by atoms with Gasteiger partial charge in [0.25, 0.3) is 11.0 Å². The van der Waals surface area contributed by atoms with Gasteiger partial charge in [0, 0.05) is 34.3 Å². The molecule has 0 saturated carbocycles. The minimum Gasteiger partial charge on any atom is -0.361 e. The Hall–Kier alpha value is -3.15. The molecule has 0 unspecified atom stereocenters. The zero-order valence-electron chi connectivity index (χ0n) is 15.1. The molecule has 0 N–H and O–H groups in total. The second-order valence-corrected chi connectivity index (χ2v) is 7.22. The summed E-state index contributed by atoms with van der Waals surface area (Å²) in [6.07, 6.45) is 3.95. The van der Waals surface area contributed by atoms with Gasteiger partial charge in [-0.3, -0.25) is 19.6 Å². The van der Waals surface area contributed by atoms with E-state index in [0.29, 0.717) is 21.2 Å². The Morgan fingerprint density at radius 1 is 0.812 bits per heavy atom. The molecule has 164 valence electrons. The molecule has 0 fully saturated rings. The van der Waals surface area contributed by atoms with Gasteiger partial charge in [0.05, 0.1) is 21.1 Å². The Morgan fingerprint density at radius 2 is 1.28 bits per heavy atom. The predicted octanol–water partition coefficient (Wildman–Crippen LogP) is 6.91. The molecule has 9 heteroatoms. The summed E-state index contributed by atoms with van der Waals surface area (Å²) in [5.41, 5.74) is 10.7. The summed E-state index contributed by atoms with van der Waals surface area (Å²) < 4.78 is 0. The Balaban J connectivity index is 0.000000303. The lowest BCUT2D eigenvalue weighted by Gasteiger charge is -1.99. The van der Waals surface area contributed by atoms with E-state index in [1.165, 1.54) is 0 Å². The Morgan fingerprint density at radius 3 is 1.75 bits per heavy atom.